The minimum atomic E-state index is -0.529. The standard InChI is InChI=1S/C22H22FN3O3.ClH/c1-16-3-2-4-18(11-16)13-26-14-21(24-15-26)25-22(28)8-6-17-5-7-19(23)20(12-17)29-10-9-27;/h2-8,11-12,14-15,27H,9-10,13H2,1H3,(H,25,28);1H/b8-6+;. The summed E-state index contributed by atoms with van der Waals surface area (Å²) in [5.74, 6) is -0.415. The summed E-state index contributed by atoms with van der Waals surface area (Å²) in [6, 6.07) is 12.4. The van der Waals surface area contributed by atoms with Gasteiger partial charge < -0.3 is 19.7 Å². The lowest BCUT2D eigenvalue weighted by atomic mass is 10.1. The summed E-state index contributed by atoms with van der Waals surface area (Å²) in [6.45, 7) is 2.49. The number of carbonyl (C=O) groups excluding carboxylic acids is 1. The average Bonchev–Trinajstić information content (AvgIpc) is 3.13. The van der Waals surface area contributed by atoms with Gasteiger partial charge in [0.15, 0.2) is 17.4 Å². The molecular weight excluding hydrogens is 409 g/mol. The van der Waals surface area contributed by atoms with E-state index in [2.05, 4.69) is 16.4 Å². The van der Waals surface area contributed by atoms with Gasteiger partial charge in [-0.25, -0.2) is 9.37 Å². The fraction of sp³-hybridized carbons (Fsp3) is 0.182. The minimum Gasteiger partial charge on any atom is -0.488 e. The number of halogens is 2. The SMILES string of the molecule is Cc1cccc(Cn2cnc(NC(=O)/C=C/c3ccc(F)c(OCCO)c3)c2)c1.Cl. The molecular formula is C22H23ClFN3O3. The van der Waals surface area contributed by atoms with Crippen LogP contribution in [0.25, 0.3) is 6.08 Å². The number of anilines is 1. The van der Waals surface area contributed by atoms with Gasteiger partial charge >= 0.3 is 0 Å². The Hall–Kier alpha value is -3.16. The molecule has 8 heteroatoms. The summed E-state index contributed by atoms with van der Waals surface area (Å²) in [6.07, 6.45) is 6.30. The van der Waals surface area contributed by atoms with E-state index < -0.39 is 5.82 Å². The van der Waals surface area contributed by atoms with E-state index >= 15 is 0 Å². The number of hydrogen-bond acceptors (Lipinski definition) is 4. The Bertz CT molecular complexity index is 1020. The van der Waals surface area contributed by atoms with Crippen LogP contribution in [0, 0.1) is 12.7 Å². The van der Waals surface area contributed by atoms with Crippen LogP contribution in [0.15, 0.2) is 61.1 Å². The predicted octanol–water partition coefficient (Wildman–Crippen LogP) is 3.82. The van der Waals surface area contributed by atoms with E-state index in [4.69, 9.17) is 9.84 Å². The lowest BCUT2D eigenvalue weighted by Gasteiger charge is -2.06. The highest BCUT2D eigenvalue weighted by atomic mass is 35.5. The Morgan fingerprint density at radius 1 is 1.30 bits per heavy atom. The summed E-state index contributed by atoms with van der Waals surface area (Å²) >= 11 is 0. The van der Waals surface area contributed by atoms with E-state index in [1.165, 1.54) is 29.8 Å². The summed E-state index contributed by atoms with van der Waals surface area (Å²) in [7, 11) is 0. The fourth-order valence-corrected chi connectivity index (χ4v) is 2.76. The lowest BCUT2D eigenvalue weighted by molar-refractivity contribution is -0.111. The molecule has 0 aliphatic heterocycles. The van der Waals surface area contributed by atoms with Gasteiger partial charge in [-0.3, -0.25) is 4.79 Å². The second-order valence-electron chi connectivity index (χ2n) is 6.50. The maximum Gasteiger partial charge on any atom is 0.249 e. The van der Waals surface area contributed by atoms with Crippen LogP contribution < -0.4 is 10.1 Å². The minimum absolute atomic E-state index is 0. The van der Waals surface area contributed by atoms with Gasteiger partial charge in [0.05, 0.1) is 12.9 Å². The van der Waals surface area contributed by atoms with Crippen molar-refractivity contribution in [3.05, 3.63) is 83.6 Å². The van der Waals surface area contributed by atoms with Crippen molar-refractivity contribution in [3.63, 3.8) is 0 Å². The number of aliphatic hydroxyl groups excluding tert-OH is 1. The monoisotopic (exact) mass is 431 g/mol. The van der Waals surface area contributed by atoms with Gasteiger partial charge in [-0.15, -0.1) is 12.4 Å². The van der Waals surface area contributed by atoms with E-state index in [1.807, 2.05) is 29.7 Å². The van der Waals surface area contributed by atoms with E-state index in [9.17, 15) is 9.18 Å². The first-order chi connectivity index (χ1) is 14.0. The largest absolute Gasteiger partial charge is 0.488 e. The molecule has 0 radical (unpaired) electrons. The number of rotatable bonds is 8. The molecule has 0 bridgehead atoms. The zero-order valence-corrected chi connectivity index (χ0v) is 17.2. The van der Waals surface area contributed by atoms with Gasteiger partial charge in [0.1, 0.15) is 6.61 Å². The van der Waals surface area contributed by atoms with E-state index in [0.29, 0.717) is 17.9 Å². The van der Waals surface area contributed by atoms with Crippen LogP contribution in [0.5, 0.6) is 5.75 Å². The molecule has 30 heavy (non-hydrogen) atoms. The molecule has 0 fully saturated rings. The van der Waals surface area contributed by atoms with Crippen LogP contribution >= 0.6 is 12.4 Å². The summed E-state index contributed by atoms with van der Waals surface area (Å²) in [5, 5.41) is 11.5. The first kappa shape index (κ1) is 23.1. The van der Waals surface area contributed by atoms with Crippen molar-refractivity contribution in [2.75, 3.05) is 18.5 Å². The topological polar surface area (TPSA) is 76.4 Å². The quantitative estimate of drug-likeness (QED) is 0.531. The van der Waals surface area contributed by atoms with Gasteiger partial charge in [0.25, 0.3) is 0 Å². The smallest absolute Gasteiger partial charge is 0.249 e. The normalized spacial score (nSPS) is 10.6. The molecule has 0 atom stereocenters. The maximum atomic E-state index is 13.6. The highest BCUT2D eigenvalue weighted by Crippen LogP contribution is 2.19. The maximum absolute atomic E-state index is 13.6. The molecule has 1 aromatic heterocycles. The summed E-state index contributed by atoms with van der Waals surface area (Å²) in [5.41, 5.74) is 2.93. The molecule has 158 valence electrons. The van der Waals surface area contributed by atoms with Gasteiger partial charge in [-0.1, -0.05) is 35.9 Å². The summed E-state index contributed by atoms with van der Waals surface area (Å²) < 4.78 is 20.6. The van der Waals surface area contributed by atoms with Crippen molar-refractivity contribution < 1.29 is 19.0 Å². The van der Waals surface area contributed by atoms with Crippen LogP contribution in [0.2, 0.25) is 0 Å². The van der Waals surface area contributed by atoms with Gasteiger partial charge in [-0.2, -0.15) is 0 Å². The Kier molecular flexibility index (Phi) is 8.58. The van der Waals surface area contributed by atoms with Crippen molar-refractivity contribution in [3.8, 4) is 5.75 Å². The van der Waals surface area contributed by atoms with E-state index in [0.717, 1.165) is 5.56 Å². The number of amides is 1. The number of imidazole rings is 1. The highest BCUT2D eigenvalue weighted by Gasteiger charge is 2.05. The van der Waals surface area contributed by atoms with E-state index in [1.54, 1.807) is 18.6 Å². The van der Waals surface area contributed by atoms with Crippen molar-refractivity contribution >= 4 is 30.2 Å². The Balaban J connectivity index is 0.00000320. The zero-order chi connectivity index (χ0) is 20.6. The molecule has 2 N–H and O–H groups in total. The second kappa shape index (κ2) is 11.1. The van der Waals surface area contributed by atoms with Crippen LogP contribution in [0.1, 0.15) is 16.7 Å². The van der Waals surface area contributed by atoms with Gasteiger partial charge in [0, 0.05) is 18.8 Å². The van der Waals surface area contributed by atoms with Gasteiger partial charge in [-0.05, 0) is 36.3 Å². The fourth-order valence-electron chi connectivity index (χ4n) is 2.76. The molecule has 3 aromatic rings. The van der Waals surface area contributed by atoms with Crippen molar-refractivity contribution in [1.29, 1.82) is 0 Å². The number of ether oxygens (including phenoxy) is 1. The Labute approximate surface area is 180 Å². The Morgan fingerprint density at radius 2 is 2.13 bits per heavy atom. The molecule has 1 amide bonds. The summed E-state index contributed by atoms with van der Waals surface area (Å²) in [4.78, 5) is 16.3. The van der Waals surface area contributed by atoms with Crippen LogP contribution in [-0.4, -0.2) is 33.8 Å². The third kappa shape index (κ3) is 6.72. The highest BCUT2D eigenvalue weighted by molar-refractivity contribution is 6.01. The number of aryl methyl sites for hydroxylation is 1. The molecule has 6 nitrogen and oxygen atoms in total. The van der Waals surface area contributed by atoms with Crippen molar-refractivity contribution in [2.24, 2.45) is 0 Å². The van der Waals surface area contributed by atoms with Crippen LogP contribution in [0.3, 0.4) is 0 Å². The molecule has 0 saturated carbocycles. The lowest BCUT2D eigenvalue weighted by Crippen LogP contribution is -2.08. The molecule has 3 rings (SSSR count). The van der Waals surface area contributed by atoms with Gasteiger partial charge in [0.2, 0.25) is 5.91 Å². The number of aliphatic hydroxyl groups is 1. The number of nitrogens with zero attached hydrogens (tertiary/aromatic N) is 2. The van der Waals surface area contributed by atoms with Crippen molar-refractivity contribution in [2.45, 2.75) is 13.5 Å². The zero-order valence-electron chi connectivity index (χ0n) is 16.4. The number of nitrogens with one attached hydrogen (secondary N) is 1. The molecule has 0 spiro atoms. The first-order valence-corrected chi connectivity index (χ1v) is 9.13. The molecule has 0 aliphatic carbocycles. The average molecular weight is 432 g/mol. The molecule has 1 heterocycles. The Morgan fingerprint density at radius 3 is 2.90 bits per heavy atom. The molecule has 2 aromatic carbocycles. The van der Waals surface area contributed by atoms with Crippen LogP contribution in [0.4, 0.5) is 10.2 Å². The number of hydrogen-bond donors (Lipinski definition) is 2. The number of benzene rings is 2. The first-order valence-electron chi connectivity index (χ1n) is 9.13. The van der Waals surface area contributed by atoms with Crippen molar-refractivity contribution in [1.82, 2.24) is 9.55 Å². The predicted molar refractivity (Wildman–Crippen MR) is 116 cm³/mol. The number of carbonyl (C=O) groups is 1. The molecule has 0 saturated heterocycles. The van der Waals surface area contributed by atoms with E-state index in [-0.39, 0.29) is 37.3 Å². The number of aromatic nitrogens is 2. The van der Waals surface area contributed by atoms with Crippen LogP contribution in [-0.2, 0) is 11.3 Å². The molecule has 0 aliphatic rings. The molecule has 0 unspecified atom stereocenters. The third-order valence-electron chi connectivity index (χ3n) is 4.06. The second-order valence-corrected chi connectivity index (χ2v) is 6.50. The third-order valence-corrected chi connectivity index (χ3v) is 4.06.